The van der Waals surface area contributed by atoms with Crippen molar-refractivity contribution in [3.63, 3.8) is 0 Å². The van der Waals surface area contributed by atoms with Crippen LogP contribution in [0.5, 0.6) is 5.75 Å². The predicted octanol–water partition coefficient (Wildman–Crippen LogP) is 4.26. The Morgan fingerprint density at radius 2 is 2.06 bits per heavy atom. The Hall–Kier alpha value is -2.91. The van der Waals surface area contributed by atoms with Crippen molar-refractivity contribution in [1.82, 2.24) is 14.7 Å². The van der Waals surface area contributed by atoms with Gasteiger partial charge in [0, 0.05) is 17.1 Å². The lowest BCUT2D eigenvalue weighted by Gasteiger charge is -2.21. The molecule has 1 aliphatic heterocycles. The zero-order chi connectivity index (χ0) is 22.8. The second kappa shape index (κ2) is 9.30. The number of likely N-dealkylation sites (tertiary alicyclic amines) is 1. The minimum atomic E-state index is -0.789. The molecule has 1 fully saturated rings. The number of nitrogens with zero attached hydrogens (tertiary/aromatic N) is 3. The lowest BCUT2D eigenvalue weighted by molar-refractivity contribution is -0.145. The Kier molecular flexibility index (Phi) is 6.48. The van der Waals surface area contributed by atoms with Crippen LogP contribution in [0.3, 0.4) is 0 Å². The number of amides is 1. The van der Waals surface area contributed by atoms with E-state index in [1.807, 2.05) is 18.2 Å². The third-order valence-corrected chi connectivity index (χ3v) is 5.88. The van der Waals surface area contributed by atoms with E-state index < -0.39 is 23.7 Å². The molecular weight excluding hydrogens is 505 g/mol. The topological polar surface area (TPSA) is 73.7 Å². The fraction of sp³-hybridized carbons (Fsp3) is 0.227. The molecule has 4 rings (SSSR count). The van der Waals surface area contributed by atoms with Crippen molar-refractivity contribution < 1.29 is 23.5 Å². The van der Waals surface area contributed by atoms with Crippen molar-refractivity contribution in [2.75, 3.05) is 13.7 Å². The average molecular weight is 523 g/mol. The van der Waals surface area contributed by atoms with Crippen LogP contribution in [-0.4, -0.2) is 52.4 Å². The number of halogens is 3. The maximum atomic E-state index is 13.3. The first-order valence-corrected chi connectivity index (χ1v) is 10.8. The Bertz CT molecular complexity index is 1170. The van der Waals surface area contributed by atoms with Gasteiger partial charge < -0.3 is 14.4 Å². The van der Waals surface area contributed by atoms with Crippen LogP contribution in [0.2, 0.25) is 5.02 Å². The molecule has 3 aromatic rings. The third-order valence-electron chi connectivity index (χ3n) is 5.08. The molecule has 0 saturated carbocycles. The summed E-state index contributed by atoms with van der Waals surface area (Å²) in [6, 6.07) is 10.4. The van der Waals surface area contributed by atoms with Gasteiger partial charge in [-0.25, -0.2) is 13.9 Å². The van der Waals surface area contributed by atoms with E-state index in [0.29, 0.717) is 17.9 Å². The third kappa shape index (κ3) is 4.63. The summed E-state index contributed by atoms with van der Waals surface area (Å²) < 4.78 is 26.5. The van der Waals surface area contributed by atoms with E-state index in [4.69, 9.17) is 21.1 Å². The molecule has 2 heterocycles. The number of rotatable bonds is 5. The zero-order valence-electron chi connectivity index (χ0n) is 16.9. The summed E-state index contributed by atoms with van der Waals surface area (Å²) in [5.74, 6) is -0.768. The number of hydrogen-bond donors (Lipinski definition) is 0. The van der Waals surface area contributed by atoms with Crippen molar-refractivity contribution >= 4 is 39.4 Å². The zero-order valence-corrected chi connectivity index (χ0v) is 19.2. The standard InChI is InChI=1S/C22H18BrClFN3O4/c1-31-22(30)20-9-17(32-16-4-2-3-14(23)7-16)12-27(20)21(29)13-10-26-28(11-13)19-6-5-15(25)8-18(19)24/h2-8,10-11,17,20H,9,12H2,1H3. The van der Waals surface area contributed by atoms with E-state index in [1.54, 1.807) is 6.07 Å². The highest BCUT2D eigenvalue weighted by Crippen LogP contribution is 2.28. The van der Waals surface area contributed by atoms with E-state index >= 15 is 0 Å². The molecule has 0 spiro atoms. The van der Waals surface area contributed by atoms with Gasteiger partial charge in [-0.05, 0) is 36.4 Å². The van der Waals surface area contributed by atoms with Crippen molar-refractivity contribution in [2.24, 2.45) is 0 Å². The van der Waals surface area contributed by atoms with Gasteiger partial charge in [0.05, 0.1) is 36.1 Å². The monoisotopic (exact) mass is 521 g/mol. The molecule has 7 nitrogen and oxygen atoms in total. The van der Waals surface area contributed by atoms with E-state index in [0.717, 1.165) is 10.5 Å². The largest absolute Gasteiger partial charge is 0.488 e. The first-order valence-electron chi connectivity index (χ1n) is 9.67. The van der Waals surface area contributed by atoms with Crippen molar-refractivity contribution in [1.29, 1.82) is 0 Å². The van der Waals surface area contributed by atoms with Gasteiger partial charge in [0.1, 0.15) is 23.7 Å². The summed E-state index contributed by atoms with van der Waals surface area (Å²) >= 11 is 9.49. The highest BCUT2D eigenvalue weighted by Gasteiger charge is 2.42. The first kappa shape index (κ1) is 22.3. The van der Waals surface area contributed by atoms with Crippen molar-refractivity contribution in [3.8, 4) is 11.4 Å². The van der Waals surface area contributed by atoms with Crippen LogP contribution in [0.1, 0.15) is 16.8 Å². The van der Waals surface area contributed by atoms with Gasteiger partial charge >= 0.3 is 5.97 Å². The summed E-state index contributed by atoms with van der Waals surface area (Å²) in [6.07, 6.45) is 2.76. The van der Waals surface area contributed by atoms with Gasteiger partial charge in [0.15, 0.2) is 0 Å². The molecule has 1 saturated heterocycles. The molecule has 0 N–H and O–H groups in total. The lowest BCUT2D eigenvalue weighted by atomic mass is 10.2. The van der Waals surface area contributed by atoms with E-state index in [2.05, 4.69) is 21.0 Å². The molecule has 2 aromatic carbocycles. The van der Waals surface area contributed by atoms with Crippen LogP contribution >= 0.6 is 27.5 Å². The Morgan fingerprint density at radius 3 is 2.78 bits per heavy atom. The number of carbonyl (C=O) groups is 2. The number of methoxy groups -OCH3 is 1. The van der Waals surface area contributed by atoms with Gasteiger partial charge in [-0.1, -0.05) is 33.6 Å². The van der Waals surface area contributed by atoms with Crippen molar-refractivity contribution in [3.05, 3.63) is 75.7 Å². The van der Waals surface area contributed by atoms with Gasteiger partial charge in [-0.15, -0.1) is 0 Å². The van der Waals surface area contributed by atoms with E-state index in [-0.39, 0.29) is 23.2 Å². The maximum absolute atomic E-state index is 13.3. The molecule has 1 aliphatic rings. The summed E-state index contributed by atoms with van der Waals surface area (Å²) in [5, 5.41) is 4.32. The molecule has 1 aromatic heterocycles. The Labute approximate surface area is 196 Å². The average Bonchev–Trinajstić information content (AvgIpc) is 3.40. The normalized spacial score (nSPS) is 17.9. The van der Waals surface area contributed by atoms with Gasteiger partial charge in [-0.2, -0.15) is 5.10 Å². The molecule has 166 valence electrons. The molecule has 2 atom stereocenters. The molecule has 2 unspecified atom stereocenters. The summed E-state index contributed by atoms with van der Waals surface area (Å²) in [7, 11) is 1.28. The molecule has 10 heteroatoms. The summed E-state index contributed by atoms with van der Waals surface area (Å²) in [4.78, 5) is 27.0. The van der Waals surface area contributed by atoms with Crippen LogP contribution in [0.25, 0.3) is 5.69 Å². The number of ether oxygens (including phenoxy) is 2. The van der Waals surface area contributed by atoms with Crippen molar-refractivity contribution in [2.45, 2.75) is 18.6 Å². The van der Waals surface area contributed by atoms with Gasteiger partial charge in [0.25, 0.3) is 5.91 Å². The van der Waals surface area contributed by atoms with Crippen LogP contribution < -0.4 is 4.74 Å². The summed E-state index contributed by atoms with van der Waals surface area (Å²) in [5.41, 5.74) is 0.677. The maximum Gasteiger partial charge on any atom is 0.328 e. The second-order valence-corrected chi connectivity index (χ2v) is 8.52. The first-order chi connectivity index (χ1) is 15.4. The molecule has 0 aliphatic carbocycles. The molecular formula is C22H18BrClFN3O4. The number of carbonyl (C=O) groups excluding carboxylic acids is 2. The van der Waals surface area contributed by atoms with Crippen LogP contribution in [0, 0.1) is 5.82 Å². The van der Waals surface area contributed by atoms with Gasteiger partial charge in [0.2, 0.25) is 0 Å². The second-order valence-electron chi connectivity index (χ2n) is 7.20. The molecule has 1 amide bonds. The molecule has 0 radical (unpaired) electrons. The number of esters is 1. The fourth-order valence-corrected chi connectivity index (χ4v) is 4.23. The quantitative estimate of drug-likeness (QED) is 0.468. The van der Waals surface area contributed by atoms with Gasteiger partial charge in [-0.3, -0.25) is 4.79 Å². The van der Waals surface area contributed by atoms with Crippen LogP contribution in [-0.2, 0) is 9.53 Å². The minimum absolute atomic E-state index is 0.156. The summed E-state index contributed by atoms with van der Waals surface area (Å²) in [6.45, 7) is 0.202. The van der Waals surface area contributed by atoms with Crippen LogP contribution in [0.4, 0.5) is 4.39 Å². The molecule has 0 bridgehead atoms. The van der Waals surface area contributed by atoms with E-state index in [1.165, 1.54) is 41.2 Å². The number of hydrogen-bond acceptors (Lipinski definition) is 5. The smallest absolute Gasteiger partial charge is 0.328 e. The highest BCUT2D eigenvalue weighted by atomic mass is 79.9. The number of aromatic nitrogens is 2. The highest BCUT2D eigenvalue weighted by molar-refractivity contribution is 9.10. The van der Waals surface area contributed by atoms with Crippen LogP contribution in [0.15, 0.2) is 59.3 Å². The fourth-order valence-electron chi connectivity index (χ4n) is 3.60. The molecule has 32 heavy (non-hydrogen) atoms. The van der Waals surface area contributed by atoms with E-state index in [9.17, 15) is 14.0 Å². The SMILES string of the molecule is COC(=O)C1CC(Oc2cccc(Br)c2)CN1C(=O)c1cnn(-c2ccc(F)cc2Cl)c1. The number of benzene rings is 2. The minimum Gasteiger partial charge on any atom is -0.488 e. The Balaban J connectivity index is 1.55. The Morgan fingerprint density at radius 1 is 1.25 bits per heavy atom. The predicted molar refractivity (Wildman–Crippen MR) is 119 cm³/mol. The lowest BCUT2D eigenvalue weighted by Crippen LogP contribution is -2.41.